The predicted molar refractivity (Wildman–Crippen MR) is 102 cm³/mol. The molecule has 1 heterocycles. The molecule has 0 amide bonds. The van der Waals surface area contributed by atoms with E-state index in [1.54, 1.807) is 0 Å². The zero-order chi connectivity index (χ0) is 17.5. The highest BCUT2D eigenvalue weighted by Crippen LogP contribution is 2.25. The molecule has 0 bridgehead atoms. The van der Waals surface area contributed by atoms with Crippen LogP contribution in [-0.2, 0) is 29.0 Å². The van der Waals surface area contributed by atoms with Crippen molar-refractivity contribution < 1.29 is 9.47 Å². The van der Waals surface area contributed by atoms with Crippen molar-refractivity contribution in [2.24, 2.45) is 0 Å². The van der Waals surface area contributed by atoms with Crippen LogP contribution >= 0.6 is 0 Å². The molecule has 3 heteroatoms. The summed E-state index contributed by atoms with van der Waals surface area (Å²) in [5, 5.41) is 0. The van der Waals surface area contributed by atoms with E-state index >= 15 is 0 Å². The second kappa shape index (κ2) is 9.14. The summed E-state index contributed by atoms with van der Waals surface area (Å²) in [5.74, 6) is 0. The van der Waals surface area contributed by atoms with Gasteiger partial charge in [0.2, 0.25) is 0 Å². The number of benzene rings is 2. The number of ether oxygens (including phenoxy) is 2. The first-order valence-corrected chi connectivity index (χ1v) is 9.26. The van der Waals surface area contributed by atoms with Gasteiger partial charge in [-0.25, -0.2) is 0 Å². The standard InChI is InChI=1S/C22H29NO2/c1-18(2)23-15-21-11-7-6-10-20(21)14-22(23)17-25-13-12-24-16-19-8-4-3-5-9-19/h3-11,18,22H,12-17H2,1-2H3/t22-/m0/s1. The van der Waals surface area contributed by atoms with Gasteiger partial charge in [0.25, 0.3) is 0 Å². The molecule has 0 spiro atoms. The van der Waals surface area contributed by atoms with Crippen LogP contribution in [0.4, 0.5) is 0 Å². The molecule has 0 fully saturated rings. The van der Waals surface area contributed by atoms with E-state index in [4.69, 9.17) is 9.47 Å². The van der Waals surface area contributed by atoms with Gasteiger partial charge in [-0.15, -0.1) is 0 Å². The summed E-state index contributed by atoms with van der Waals surface area (Å²) in [4.78, 5) is 2.55. The highest BCUT2D eigenvalue weighted by atomic mass is 16.5. The van der Waals surface area contributed by atoms with Crippen LogP contribution in [0.3, 0.4) is 0 Å². The van der Waals surface area contributed by atoms with Crippen molar-refractivity contribution in [3.8, 4) is 0 Å². The molecule has 3 nitrogen and oxygen atoms in total. The highest BCUT2D eigenvalue weighted by molar-refractivity contribution is 5.30. The summed E-state index contributed by atoms with van der Waals surface area (Å²) in [6.07, 6.45) is 1.07. The molecule has 0 unspecified atom stereocenters. The third-order valence-electron chi connectivity index (χ3n) is 4.85. The minimum Gasteiger partial charge on any atom is -0.377 e. The van der Waals surface area contributed by atoms with Crippen LogP contribution in [0.15, 0.2) is 54.6 Å². The van der Waals surface area contributed by atoms with Gasteiger partial charge in [-0.05, 0) is 37.0 Å². The Bertz CT molecular complexity index is 641. The predicted octanol–water partition coefficient (Wildman–Crippen LogP) is 4.06. The molecular weight excluding hydrogens is 310 g/mol. The fraction of sp³-hybridized carbons (Fsp3) is 0.455. The van der Waals surface area contributed by atoms with Crippen LogP contribution in [0.2, 0.25) is 0 Å². The molecule has 134 valence electrons. The second-order valence-corrected chi connectivity index (χ2v) is 7.01. The fourth-order valence-corrected chi connectivity index (χ4v) is 3.47. The molecule has 25 heavy (non-hydrogen) atoms. The fourth-order valence-electron chi connectivity index (χ4n) is 3.47. The van der Waals surface area contributed by atoms with E-state index in [-0.39, 0.29) is 0 Å². The normalized spacial score (nSPS) is 17.6. The minimum absolute atomic E-state index is 0.448. The topological polar surface area (TPSA) is 21.7 Å². The Morgan fingerprint density at radius 3 is 2.36 bits per heavy atom. The lowest BCUT2D eigenvalue weighted by atomic mass is 9.93. The van der Waals surface area contributed by atoms with E-state index in [9.17, 15) is 0 Å². The van der Waals surface area contributed by atoms with Gasteiger partial charge in [-0.3, -0.25) is 4.90 Å². The average molecular weight is 339 g/mol. The van der Waals surface area contributed by atoms with Crippen LogP contribution in [-0.4, -0.2) is 36.8 Å². The molecule has 1 aliphatic heterocycles. The van der Waals surface area contributed by atoms with E-state index in [0.717, 1.165) is 19.6 Å². The van der Waals surface area contributed by atoms with Gasteiger partial charge in [0, 0.05) is 18.6 Å². The first-order chi connectivity index (χ1) is 12.2. The first kappa shape index (κ1) is 18.1. The Labute approximate surface area is 151 Å². The molecule has 1 aliphatic rings. The maximum Gasteiger partial charge on any atom is 0.0718 e. The lowest BCUT2D eigenvalue weighted by Crippen LogP contribution is -2.47. The smallest absolute Gasteiger partial charge is 0.0718 e. The van der Waals surface area contributed by atoms with Crippen molar-refractivity contribution in [2.75, 3.05) is 19.8 Å². The summed E-state index contributed by atoms with van der Waals surface area (Å²) >= 11 is 0. The van der Waals surface area contributed by atoms with E-state index in [2.05, 4.69) is 55.1 Å². The summed E-state index contributed by atoms with van der Waals surface area (Å²) < 4.78 is 11.6. The molecule has 3 rings (SSSR count). The van der Waals surface area contributed by atoms with Gasteiger partial charge in [0.1, 0.15) is 0 Å². The van der Waals surface area contributed by atoms with Crippen molar-refractivity contribution in [1.29, 1.82) is 0 Å². The first-order valence-electron chi connectivity index (χ1n) is 9.26. The average Bonchev–Trinajstić information content (AvgIpc) is 2.64. The van der Waals surface area contributed by atoms with Gasteiger partial charge in [0.15, 0.2) is 0 Å². The van der Waals surface area contributed by atoms with Crippen molar-refractivity contribution in [3.63, 3.8) is 0 Å². The Balaban J connectivity index is 1.42. The maximum absolute atomic E-state index is 5.94. The van der Waals surface area contributed by atoms with Crippen LogP contribution in [0.5, 0.6) is 0 Å². The lowest BCUT2D eigenvalue weighted by Gasteiger charge is -2.39. The number of rotatable bonds is 8. The molecule has 1 atom stereocenters. The number of fused-ring (bicyclic) bond motifs is 1. The third kappa shape index (κ3) is 5.15. The van der Waals surface area contributed by atoms with Gasteiger partial charge in [-0.2, -0.15) is 0 Å². The van der Waals surface area contributed by atoms with Gasteiger partial charge >= 0.3 is 0 Å². The Hall–Kier alpha value is -1.68. The van der Waals surface area contributed by atoms with E-state index in [1.807, 2.05) is 18.2 Å². The lowest BCUT2D eigenvalue weighted by molar-refractivity contribution is 0.00142. The molecule has 0 saturated carbocycles. The molecular formula is C22H29NO2. The van der Waals surface area contributed by atoms with E-state index in [1.165, 1.54) is 16.7 Å². The molecule has 0 saturated heterocycles. The monoisotopic (exact) mass is 339 g/mol. The Morgan fingerprint density at radius 1 is 0.920 bits per heavy atom. The Kier molecular flexibility index (Phi) is 6.62. The number of nitrogens with zero attached hydrogens (tertiary/aromatic N) is 1. The van der Waals surface area contributed by atoms with Gasteiger partial charge in [0.05, 0.1) is 26.4 Å². The van der Waals surface area contributed by atoms with Crippen LogP contribution in [0.1, 0.15) is 30.5 Å². The molecule has 2 aromatic rings. The quantitative estimate of drug-likeness (QED) is 0.677. The molecule has 0 N–H and O–H groups in total. The molecule has 2 aromatic carbocycles. The van der Waals surface area contributed by atoms with Crippen LogP contribution in [0, 0.1) is 0 Å². The highest BCUT2D eigenvalue weighted by Gasteiger charge is 2.27. The molecule has 0 radical (unpaired) electrons. The third-order valence-corrected chi connectivity index (χ3v) is 4.85. The summed E-state index contributed by atoms with van der Waals surface area (Å²) in [6, 6.07) is 20.0. The molecule has 0 aromatic heterocycles. The van der Waals surface area contributed by atoms with Crippen molar-refractivity contribution >= 4 is 0 Å². The van der Waals surface area contributed by atoms with E-state index in [0.29, 0.717) is 31.9 Å². The number of hydrogen-bond acceptors (Lipinski definition) is 3. The maximum atomic E-state index is 5.94. The van der Waals surface area contributed by atoms with Gasteiger partial charge in [-0.1, -0.05) is 54.6 Å². The van der Waals surface area contributed by atoms with Crippen molar-refractivity contribution in [3.05, 3.63) is 71.3 Å². The van der Waals surface area contributed by atoms with E-state index < -0.39 is 0 Å². The molecule has 0 aliphatic carbocycles. The SMILES string of the molecule is CC(C)N1Cc2ccccc2C[C@H]1COCCOCc1ccccc1. The van der Waals surface area contributed by atoms with Crippen molar-refractivity contribution in [1.82, 2.24) is 4.90 Å². The number of hydrogen-bond donors (Lipinski definition) is 0. The summed E-state index contributed by atoms with van der Waals surface area (Å²) in [7, 11) is 0. The van der Waals surface area contributed by atoms with Crippen LogP contribution in [0.25, 0.3) is 0 Å². The van der Waals surface area contributed by atoms with Crippen molar-refractivity contribution in [2.45, 2.75) is 45.5 Å². The largest absolute Gasteiger partial charge is 0.377 e. The summed E-state index contributed by atoms with van der Waals surface area (Å²) in [6.45, 7) is 8.26. The zero-order valence-corrected chi connectivity index (χ0v) is 15.4. The van der Waals surface area contributed by atoms with Gasteiger partial charge < -0.3 is 9.47 Å². The second-order valence-electron chi connectivity index (χ2n) is 7.01. The Morgan fingerprint density at radius 2 is 1.60 bits per heavy atom. The minimum atomic E-state index is 0.448. The van der Waals surface area contributed by atoms with Crippen LogP contribution < -0.4 is 0 Å². The zero-order valence-electron chi connectivity index (χ0n) is 15.4. The summed E-state index contributed by atoms with van der Waals surface area (Å²) in [5.41, 5.74) is 4.13.